The van der Waals surface area contributed by atoms with Gasteiger partial charge in [0, 0.05) is 4.90 Å². The van der Waals surface area contributed by atoms with Crippen LogP contribution in [0.5, 0.6) is 0 Å². The summed E-state index contributed by atoms with van der Waals surface area (Å²) in [6.07, 6.45) is 2.63. The van der Waals surface area contributed by atoms with Crippen LogP contribution in [0.4, 0.5) is 0 Å². The van der Waals surface area contributed by atoms with Gasteiger partial charge in [-0.2, -0.15) is 0 Å². The maximum atomic E-state index is 11.3. The molecule has 112 valence electrons. The topological polar surface area (TPSA) is 49.3 Å². The van der Waals surface area contributed by atoms with Crippen molar-refractivity contribution in [2.24, 2.45) is 0 Å². The molecule has 1 rings (SSSR count). The summed E-state index contributed by atoms with van der Waals surface area (Å²) in [5, 5.41) is 12.3. The van der Waals surface area contributed by atoms with E-state index in [2.05, 4.69) is 36.5 Å². The number of rotatable bonds is 9. The van der Waals surface area contributed by atoms with E-state index in [0.29, 0.717) is 13.0 Å². The summed E-state index contributed by atoms with van der Waals surface area (Å²) in [6, 6.07) is 8.52. The molecule has 0 saturated carbocycles. The molecular weight excluding hydrogens is 270 g/mol. The Labute approximate surface area is 126 Å². The molecule has 20 heavy (non-hydrogen) atoms. The molecule has 1 atom stereocenters. The first-order chi connectivity index (χ1) is 9.48. The highest BCUT2D eigenvalue weighted by Crippen LogP contribution is 2.21. The van der Waals surface area contributed by atoms with E-state index in [0.717, 1.165) is 18.6 Å². The van der Waals surface area contributed by atoms with Crippen LogP contribution in [0, 0.1) is 6.92 Å². The fourth-order valence-electron chi connectivity index (χ4n) is 2.07. The molecule has 0 fully saturated rings. The number of unbranched alkanes of at least 4 members (excludes halogenated alkanes) is 1. The van der Waals surface area contributed by atoms with Crippen molar-refractivity contribution in [3.8, 4) is 0 Å². The van der Waals surface area contributed by atoms with Crippen molar-refractivity contribution in [3.63, 3.8) is 0 Å². The Hall–Kier alpha value is -1.00. The zero-order valence-corrected chi connectivity index (χ0v) is 13.4. The Morgan fingerprint density at radius 2 is 1.95 bits per heavy atom. The number of hydrogen-bond donors (Lipinski definition) is 2. The minimum atomic E-state index is -0.788. The van der Waals surface area contributed by atoms with Gasteiger partial charge in [-0.05, 0) is 51.1 Å². The number of nitrogens with one attached hydrogen (secondary N) is 1. The molecule has 1 aromatic carbocycles. The molecule has 4 heteroatoms. The van der Waals surface area contributed by atoms with Crippen molar-refractivity contribution in [2.45, 2.75) is 50.5 Å². The van der Waals surface area contributed by atoms with Gasteiger partial charge < -0.3 is 10.4 Å². The molecule has 0 aromatic heterocycles. The first-order valence-corrected chi connectivity index (χ1v) is 8.14. The van der Waals surface area contributed by atoms with E-state index in [9.17, 15) is 9.90 Å². The van der Waals surface area contributed by atoms with E-state index in [1.807, 2.05) is 18.7 Å². The minimum Gasteiger partial charge on any atom is -0.480 e. The average Bonchev–Trinajstić information content (AvgIpc) is 2.40. The van der Waals surface area contributed by atoms with Gasteiger partial charge in [0.15, 0.2) is 0 Å². The smallest absolute Gasteiger partial charge is 0.323 e. The number of carboxylic acids is 1. The second kappa shape index (κ2) is 8.32. The molecule has 0 aliphatic carbocycles. The van der Waals surface area contributed by atoms with Crippen LogP contribution in [0.3, 0.4) is 0 Å². The van der Waals surface area contributed by atoms with Crippen molar-refractivity contribution in [1.82, 2.24) is 5.32 Å². The molecule has 0 saturated heterocycles. The van der Waals surface area contributed by atoms with Crippen LogP contribution in [0.1, 0.15) is 38.7 Å². The monoisotopic (exact) mass is 295 g/mol. The second-order valence-electron chi connectivity index (χ2n) is 5.29. The summed E-state index contributed by atoms with van der Waals surface area (Å²) >= 11 is 1.83. The number of carboxylic acid groups (broad SMARTS) is 1. The lowest BCUT2D eigenvalue weighted by Gasteiger charge is -2.25. The van der Waals surface area contributed by atoms with Crippen LogP contribution in [0.25, 0.3) is 0 Å². The van der Waals surface area contributed by atoms with Crippen molar-refractivity contribution in [3.05, 3.63) is 29.8 Å². The summed E-state index contributed by atoms with van der Waals surface area (Å²) in [6.45, 7) is 6.48. The molecule has 2 N–H and O–H groups in total. The Bertz CT molecular complexity index is 419. The molecule has 0 radical (unpaired) electrons. The Morgan fingerprint density at radius 3 is 2.50 bits per heavy atom. The van der Waals surface area contributed by atoms with E-state index >= 15 is 0 Å². The first kappa shape index (κ1) is 17.1. The maximum absolute atomic E-state index is 11.3. The number of benzene rings is 1. The van der Waals surface area contributed by atoms with Crippen molar-refractivity contribution >= 4 is 17.7 Å². The highest BCUT2D eigenvalue weighted by molar-refractivity contribution is 7.99. The van der Waals surface area contributed by atoms with Gasteiger partial charge in [0.1, 0.15) is 5.54 Å². The number of carbonyl (C=O) groups is 1. The average molecular weight is 295 g/mol. The Balaban J connectivity index is 2.27. The van der Waals surface area contributed by atoms with E-state index < -0.39 is 11.5 Å². The highest BCUT2D eigenvalue weighted by Gasteiger charge is 2.30. The summed E-state index contributed by atoms with van der Waals surface area (Å²) in [4.78, 5) is 12.5. The number of hydrogen-bond acceptors (Lipinski definition) is 3. The van der Waals surface area contributed by atoms with Crippen molar-refractivity contribution in [2.75, 3.05) is 12.3 Å². The number of thioether (sulfide) groups is 1. The van der Waals surface area contributed by atoms with Gasteiger partial charge in [0.25, 0.3) is 0 Å². The third kappa shape index (κ3) is 5.55. The van der Waals surface area contributed by atoms with Crippen LogP contribution in [0.15, 0.2) is 29.2 Å². The molecule has 0 bridgehead atoms. The van der Waals surface area contributed by atoms with E-state index in [1.54, 1.807) is 6.92 Å². The van der Waals surface area contributed by atoms with E-state index in [-0.39, 0.29) is 0 Å². The molecule has 0 amide bonds. The second-order valence-corrected chi connectivity index (χ2v) is 6.45. The molecule has 0 heterocycles. The summed E-state index contributed by atoms with van der Waals surface area (Å²) in [5.74, 6) is 0.274. The minimum absolute atomic E-state index is 0.671. The molecular formula is C16H25NO2S. The quantitative estimate of drug-likeness (QED) is 0.538. The largest absolute Gasteiger partial charge is 0.480 e. The van der Waals surface area contributed by atoms with Gasteiger partial charge in [0.2, 0.25) is 0 Å². The van der Waals surface area contributed by atoms with Gasteiger partial charge in [-0.3, -0.25) is 4.79 Å². The van der Waals surface area contributed by atoms with Crippen LogP contribution in [-0.2, 0) is 4.79 Å². The van der Waals surface area contributed by atoms with Crippen molar-refractivity contribution in [1.29, 1.82) is 0 Å². The summed E-state index contributed by atoms with van der Waals surface area (Å²) < 4.78 is 0. The Kier molecular flexibility index (Phi) is 7.10. The lowest BCUT2D eigenvalue weighted by Crippen LogP contribution is -2.49. The standard InChI is InChI=1S/C16H25NO2S/c1-4-17-16(3,15(18)19)11-5-6-12-20-14-9-7-13(2)8-10-14/h7-10,17H,4-6,11-12H2,1-3H3,(H,18,19). The number of aliphatic carboxylic acids is 1. The Morgan fingerprint density at radius 1 is 1.30 bits per heavy atom. The van der Waals surface area contributed by atoms with Gasteiger partial charge in [-0.1, -0.05) is 31.0 Å². The molecule has 0 aliphatic heterocycles. The normalized spacial score (nSPS) is 13.9. The molecule has 1 unspecified atom stereocenters. The van der Waals surface area contributed by atoms with Crippen LogP contribution in [0.2, 0.25) is 0 Å². The summed E-state index contributed by atoms with van der Waals surface area (Å²) in [5.41, 5.74) is 0.487. The maximum Gasteiger partial charge on any atom is 0.323 e. The lowest BCUT2D eigenvalue weighted by atomic mass is 9.95. The van der Waals surface area contributed by atoms with Gasteiger partial charge >= 0.3 is 5.97 Å². The van der Waals surface area contributed by atoms with Crippen molar-refractivity contribution < 1.29 is 9.90 Å². The van der Waals surface area contributed by atoms with E-state index in [1.165, 1.54) is 10.5 Å². The molecule has 1 aromatic rings. The zero-order chi connectivity index (χ0) is 15.0. The predicted molar refractivity (Wildman–Crippen MR) is 85.5 cm³/mol. The lowest BCUT2D eigenvalue weighted by molar-refractivity contribution is -0.144. The fourth-order valence-corrected chi connectivity index (χ4v) is 2.98. The van der Waals surface area contributed by atoms with Crippen LogP contribution < -0.4 is 5.32 Å². The number of aryl methyl sites for hydroxylation is 1. The predicted octanol–water partition coefficient (Wildman–Crippen LogP) is 3.71. The molecule has 3 nitrogen and oxygen atoms in total. The SMILES string of the molecule is CCNC(C)(CCCCSc1ccc(C)cc1)C(=O)O. The third-order valence-electron chi connectivity index (χ3n) is 3.40. The van der Waals surface area contributed by atoms with Crippen LogP contribution in [-0.4, -0.2) is 28.9 Å². The summed E-state index contributed by atoms with van der Waals surface area (Å²) in [7, 11) is 0. The third-order valence-corrected chi connectivity index (χ3v) is 4.50. The number of likely N-dealkylation sites (N-methyl/N-ethyl adjacent to an activating group) is 1. The van der Waals surface area contributed by atoms with E-state index in [4.69, 9.17) is 0 Å². The molecule has 0 aliphatic rings. The van der Waals surface area contributed by atoms with Crippen LogP contribution >= 0.6 is 11.8 Å². The van der Waals surface area contributed by atoms with Gasteiger partial charge in [0.05, 0.1) is 0 Å². The highest BCUT2D eigenvalue weighted by atomic mass is 32.2. The van der Waals surface area contributed by atoms with Gasteiger partial charge in [-0.25, -0.2) is 0 Å². The first-order valence-electron chi connectivity index (χ1n) is 7.16. The fraction of sp³-hybridized carbons (Fsp3) is 0.562. The zero-order valence-electron chi connectivity index (χ0n) is 12.6. The molecule has 0 spiro atoms. The van der Waals surface area contributed by atoms with Gasteiger partial charge in [-0.15, -0.1) is 11.8 Å².